The number of aryl methyl sites for hydroxylation is 1. The van der Waals surface area contributed by atoms with Crippen LogP contribution < -0.4 is 0 Å². The third kappa shape index (κ3) is 5.05. The van der Waals surface area contributed by atoms with Crippen molar-refractivity contribution in [2.75, 3.05) is 19.6 Å². The maximum atomic E-state index is 13.2. The van der Waals surface area contributed by atoms with Crippen molar-refractivity contribution >= 4 is 17.3 Å². The van der Waals surface area contributed by atoms with Gasteiger partial charge in [-0.05, 0) is 44.3 Å². The summed E-state index contributed by atoms with van der Waals surface area (Å²) in [6.45, 7) is 7.13. The van der Waals surface area contributed by atoms with Crippen LogP contribution in [0.2, 0.25) is 0 Å². The number of hydrogen-bond acceptors (Lipinski definition) is 5. The van der Waals surface area contributed by atoms with E-state index in [1.54, 1.807) is 11.1 Å². The van der Waals surface area contributed by atoms with Gasteiger partial charge in [-0.3, -0.25) is 14.9 Å². The zero-order chi connectivity index (χ0) is 22.7. The van der Waals surface area contributed by atoms with E-state index in [0.717, 1.165) is 36.7 Å². The van der Waals surface area contributed by atoms with Gasteiger partial charge in [-0.1, -0.05) is 48.9 Å². The highest BCUT2D eigenvalue weighted by Crippen LogP contribution is 2.34. The van der Waals surface area contributed by atoms with Crippen molar-refractivity contribution < 1.29 is 9.72 Å². The molecule has 0 aromatic heterocycles. The molecule has 2 aromatic rings. The minimum atomic E-state index is -0.404. The Hall–Kier alpha value is -3.06. The summed E-state index contributed by atoms with van der Waals surface area (Å²) in [4.78, 5) is 26.4. The number of nitrogens with zero attached hydrogens (tertiary/aromatic N) is 4. The number of benzene rings is 2. The van der Waals surface area contributed by atoms with Gasteiger partial charge in [0.15, 0.2) is 0 Å². The monoisotopic (exact) mass is 434 g/mol. The van der Waals surface area contributed by atoms with Gasteiger partial charge in [0.1, 0.15) is 0 Å². The second-order valence-electron chi connectivity index (χ2n) is 9.00. The van der Waals surface area contributed by atoms with E-state index in [9.17, 15) is 14.9 Å². The van der Waals surface area contributed by atoms with E-state index in [1.165, 1.54) is 25.0 Å². The van der Waals surface area contributed by atoms with Crippen molar-refractivity contribution in [2.45, 2.75) is 45.6 Å². The first-order chi connectivity index (χ1) is 15.4. The average Bonchev–Trinajstić information content (AvgIpc) is 3.25. The van der Waals surface area contributed by atoms with Gasteiger partial charge < -0.3 is 4.90 Å². The van der Waals surface area contributed by atoms with E-state index in [1.807, 2.05) is 37.3 Å². The molecule has 32 heavy (non-hydrogen) atoms. The largest absolute Gasteiger partial charge is 0.303 e. The summed E-state index contributed by atoms with van der Waals surface area (Å²) in [5.41, 5.74) is 3.61. The predicted octanol–water partition coefficient (Wildman–Crippen LogP) is 4.70. The first kappa shape index (κ1) is 22.1. The standard InChI is InChI=1S/C25H30N4O3/c1-18-6-8-20(9-7-18)24-17-23(21-4-3-5-22(16-21)29(31)32)26-28(24)25(30)12-15-27-13-10-19(2)11-14-27/h3-9,16,19,24H,10-15,17H2,1-2H3. The van der Waals surface area contributed by atoms with Crippen molar-refractivity contribution in [1.29, 1.82) is 0 Å². The summed E-state index contributed by atoms with van der Waals surface area (Å²) in [5, 5.41) is 17.5. The Labute approximate surface area is 188 Å². The molecule has 2 aliphatic rings. The van der Waals surface area contributed by atoms with Crippen molar-refractivity contribution in [3.63, 3.8) is 0 Å². The SMILES string of the molecule is Cc1ccc(C2CC(c3cccc([N+](=O)[O-])c3)=NN2C(=O)CCN2CCC(C)CC2)cc1. The number of likely N-dealkylation sites (tertiary alicyclic amines) is 1. The van der Waals surface area contributed by atoms with Crippen LogP contribution in [0.3, 0.4) is 0 Å². The number of carbonyl (C=O) groups excluding carboxylic acids is 1. The summed E-state index contributed by atoms with van der Waals surface area (Å²) in [7, 11) is 0. The summed E-state index contributed by atoms with van der Waals surface area (Å²) < 4.78 is 0. The predicted molar refractivity (Wildman–Crippen MR) is 124 cm³/mol. The minimum absolute atomic E-state index is 0.00497. The molecule has 0 radical (unpaired) electrons. The van der Waals surface area contributed by atoms with Gasteiger partial charge in [0, 0.05) is 37.1 Å². The smallest absolute Gasteiger partial charge is 0.270 e. The zero-order valence-electron chi connectivity index (χ0n) is 18.7. The quantitative estimate of drug-likeness (QED) is 0.487. The lowest BCUT2D eigenvalue weighted by molar-refractivity contribution is -0.384. The number of hydrazone groups is 1. The van der Waals surface area contributed by atoms with Crippen LogP contribution in [-0.2, 0) is 4.79 Å². The van der Waals surface area contributed by atoms with Gasteiger partial charge in [-0.15, -0.1) is 0 Å². The summed E-state index contributed by atoms with van der Waals surface area (Å²) in [6, 6.07) is 14.5. The number of nitro groups is 1. The number of nitro benzene ring substituents is 1. The van der Waals surface area contributed by atoms with Gasteiger partial charge in [0.05, 0.1) is 16.7 Å². The molecule has 0 aliphatic carbocycles. The van der Waals surface area contributed by atoms with E-state index >= 15 is 0 Å². The molecule has 0 spiro atoms. The molecule has 0 saturated carbocycles. The minimum Gasteiger partial charge on any atom is -0.303 e. The molecule has 0 N–H and O–H groups in total. The third-order valence-corrected chi connectivity index (χ3v) is 6.54. The van der Waals surface area contributed by atoms with Crippen molar-refractivity contribution in [1.82, 2.24) is 9.91 Å². The molecule has 2 aliphatic heterocycles. The maximum Gasteiger partial charge on any atom is 0.270 e. The zero-order valence-corrected chi connectivity index (χ0v) is 18.7. The molecule has 2 aromatic carbocycles. The van der Waals surface area contributed by atoms with Crippen LogP contribution in [0.25, 0.3) is 0 Å². The van der Waals surface area contributed by atoms with Crippen molar-refractivity contribution in [3.05, 3.63) is 75.3 Å². The van der Waals surface area contributed by atoms with E-state index in [2.05, 4.69) is 16.9 Å². The van der Waals surface area contributed by atoms with Gasteiger partial charge >= 0.3 is 0 Å². The lowest BCUT2D eigenvalue weighted by Gasteiger charge is -2.30. The average molecular weight is 435 g/mol. The highest BCUT2D eigenvalue weighted by Gasteiger charge is 2.33. The van der Waals surface area contributed by atoms with Gasteiger partial charge in [0.2, 0.25) is 5.91 Å². The number of carbonyl (C=O) groups is 1. The first-order valence-corrected chi connectivity index (χ1v) is 11.3. The number of amides is 1. The van der Waals surface area contributed by atoms with Crippen LogP contribution >= 0.6 is 0 Å². The van der Waals surface area contributed by atoms with Crippen molar-refractivity contribution in [3.8, 4) is 0 Å². The molecule has 1 saturated heterocycles. The van der Waals surface area contributed by atoms with E-state index in [-0.39, 0.29) is 17.6 Å². The lowest BCUT2D eigenvalue weighted by Crippen LogP contribution is -2.36. The van der Waals surface area contributed by atoms with E-state index in [0.29, 0.717) is 24.1 Å². The Morgan fingerprint density at radius 2 is 1.88 bits per heavy atom. The van der Waals surface area contributed by atoms with Gasteiger partial charge in [0.25, 0.3) is 5.69 Å². The van der Waals surface area contributed by atoms with Crippen LogP contribution in [0.15, 0.2) is 53.6 Å². The van der Waals surface area contributed by atoms with Crippen LogP contribution in [0.1, 0.15) is 55.3 Å². The third-order valence-electron chi connectivity index (χ3n) is 6.54. The first-order valence-electron chi connectivity index (χ1n) is 11.3. The fourth-order valence-corrected chi connectivity index (χ4v) is 4.42. The highest BCUT2D eigenvalue weighted by atomic mass is 16.6. The number of hydrogen-bond donors (Lipinski definition) is 0. The highest BCUT2D eigenvalue weighted by molar-refractivity contribution is 6.03. The van der Waals surface area contributed by atoms with E-state index in [4.69, 9.17) is 0 Å². The molecule has 7 heteroatoms. The molecule has 1 fully saturated rings. The van der Waals surface area contributed by atoms with Gasteiger partial charge in [-0.2, -0.15) is 5.10 Å². The lowest BCUT2D eigenvalue weighted by atomic mass is 9.97. The normalized spacial score (nSPS) is 19.8. The molecule has 168 valence electrons. The molecular formula is C25H30N4O3. The Bertz CT molecular complexity index is 1010. The van der Waals surface area contributed by atoms with Crippen LogP contribution in [0.5, 0.6) is 0 Å². The Balaban J connectivity index is 1.55. The van der Waals surface area contributed by atoms with Crippen molar-refractivity contribution in [2.24, 2.45) is 11.0 Å². The molecule has 1 atom stereocenters. The topological polar surface area (TPSA) is 79.0 Å². The number of rotatable bonds is 6. The fraction of sp³-hybridized carbons (Fsp3) is 0.440. The molecule has 1 amide bonds. The molecule has 7 nitrogen and oxygen atoms in total. The fourth-order valence-electron chi connectivity index (χ4n) is 4.42. The summed E-state index contributed by atoms with van der Waals surface area (Å²) in [5.74, 6) is 0.753. The molecule has 4 rings (SSSR count). The van der Waals surface area contributed by atoms with Gasteiger partial charge in [-0.25, -0.2) is 5.01 Å². The summed E-state index contributed by atoms with van der Waals surface area (Å²) >= 11 is 0. The van der Waals surface area contributed by atoms with E-state index < -0.39 is 4.92 Å². The Kier molecular flexibility index (Phi) is 6.65. The van der Waals surface area contributed by atoms with Crippen LogP contribution in [0, 0.1) is 23.0 Å². The molecule has 2 heterocycles. The number of piperidine rings is 1. The summed E-state index contributed by atoms with van der Waals surface area (Å²) in [6.07, 6.45) is 3.32. The van der Waals surface area contributed by atoms with Crippen LogP contribution in [-0.4, -0.2) is 46.1 Å². The van der Waals surface area contributed by atoms with Crippen LogP contribution in [0.4, 0.5) is 5.69 Å². The Morgan fingerprint density at radius 3 is 2.56 bits per heavy atom. The Morgan fingerprint density at radius 1 is 1.16 bits per heavy atom. The molecular weight excluding hydrogens is 404 g/mol. The molecule has 0 bridgehead atoms. The second kappa shape index (κ2) is 9.61. The second-order valence-corrected chi connectivity index (χ2v) is 9.00. The maximum absolute atomic E-state index is 13.2. The number of non-ortho nitro benzene ring substituents is 1. The molecule has 1 unspecified atom stereocenters.